The van der Waals surface area contributed by atoms with Gasteiger partial charge in [0, 0.05) is 5.92 Å². The van der Waals surface area contributed by atoms with Crippen LogP contribution in [0.3, 0.4) is 0 Å². The van der Waals surface area contributed by atoms with E-state index in [1.807, 2.05) is 0 Å². The van der Waals surface area contributed by atoms with Crippen LogP contribution in [0.5, 0.6) is 0 Å². The van der Waals surface area contributed by atoms with Crippen LogP contribution in [0.4, 0.5) is 17.6 Å². The third-order valence-electron chi connectivity index (χ3n) is 2.29. The summed E-state index contributed by atoms with van der Waals surface area (Å²) in [5.41, 5.74) is -0.879. The van der Waals surface area contributed by atoms with Gasteiger partial charge in [-0.05, 0) is 12.0 Å². The van der Waals surface area contributed by atoms with E-state index >= 15 is 0 Å². The van der Waals surface area contributed by atoms with Crippen LogP contribution < -0.4 is 0 Å². The fraction of sp³-hybridized carbons (Fsp3) is 0.556. The van der Waals surface area contributed by atoms with Crippen molar-refractivity contribution in [3.8, 4) is 0 Å². The Balaban J connectivity index is 2.98. The van der Waals surface area contributed by atoms with E-state index in [4.69, 9.17) is 0 Å². The van der Waals surface area contributed by atoms with Crippen molar-refractivity contribution in [3.63, 3.8) is 0 Å². The van der Waals surface area contributed by atoms with Gasteiger partial charge >= 0.3 is 6.18 Å². The molecule has 0 spiro atoms. The first-order valence-corrected chi connectivity index (χ1v) is 3.98. The first-order chi connectivity index (χ1) is 5.82. The molecule has 74 valence electrons. The lowest BCUT2D eigenvalue weighted by molar-refractivity contribution is -0.0893. The molecule has 0 aromatic carbocycles. The highest BCUT2D eigenvalue weighted by atomic mass is 19.4. The molecule has 0 aliphatic heterocycles. The summed E-state index contributed by atoms with van der Waals surface area (Å²) in [6.45, 7) is 3.14. The number of rotatable bonds is 0. The number of alkyl halides is 3. The van der Waals surface area contributed by atoms with E-state index in [2.05, 4.69) is 0 Å². The van der Waals surface area contributed by atoms with E-state index in [-0.39, 0.29) is 0 Å². The topological polar surface area (TPSA) is 0 Å². The quantitative estimate of drug-likeness (QED) is 0.517. The van der Waals surface area contributed by atoms with Gasteiger partial charge in [-0.15, -0.1) is 0 Å². The predicted molar refractivity (Wildman–Crippen MR) is 41.7 cm³/mol. The van der Waals surface area contributed by atoms with Gasteiger partial charge in [0.15, 0.2) is 0 Å². The summed E-state index contributed by atoms with van der Waals surface area (Å²) in [7, 11) is 0. The van der Waals surface area contributed by atoms with Gasteiger partial charge in [-0.25, -0.2) is 4.39 Å². The third-order valence-corrected chi connectivity index (χ3v) is 2.29. The van der Waals surface area contributed by atoms with Crippen LogP contribution in [0.15, 0.2) is 23.6 Å². The largest absolute Gasteiger partial charge is 0.416 e. The van der Waals surface area contributed by atoms with Gasteiger partial charge in [0.1, 0.15) is 5.83 Å². The lowest BCUT2D eigenvalue weighted by atomic mass is 9.87. The number of hydrogen-bond donors (Lipinski definition) is 0. The van der Waals surface area contributed by atoms with Crippen molar-refractivity contribution in [1.82, 2.24) is 0 Å². The zero-order chi connectivity index (χ0) is 10.2. The molecule has 4 heteroatoms. The fourth-order valence-electron chi connectivity index (χ4n) is 1.18. The van der Waals surface area contributed by atoms with E-state index in [1.165, 1.54) is 0 Å². The van der Waals surface area contributed by atoms with Gasteiger partial charge in [0.05, 0.1) is 5.57 Å². The maximum Gasteiger partial charge on any atom is 0.416 e. The molecule has 0 aromatic heterocycles. The van der Waals surface area contributed by atoms with Gasteiger partial charge in [-0.3, -0.25) is 0 Å². The third kappa shape index (κ3) is 2.11. The Bertz CT molecular complexity index is 259. The van der Waals surface area contributed by atoms with Crippen molar-refractivity contribution in [3.05, 3.63) is 23.6 Å². The second-order valence-corrected chi connectivity index (χ2v) is 3.30. The zero-order valence-corrected chi connectivity index (χ0v) is 7.32. The number of allylic oxidation sites excluding steroid dienone is 4. The minimum absolute atomic E-state index is 0.401. The molecule has 0 saturated heterocycles. The minimum Gasteiger partial charge on any atom is -0.211 e. The first-order valence-electron chi connectivity index (χ1n) is 3.98. The molecule has 0 saturated carbocycles. The molecule has 0 aromatic rings. The maximum absolute atomic E-state index is 12.9. The monoisotopic (exact) mass is 194 g/mol. The molecular weight excluding hydrogens is 184 g/mol. The Morgan fingerprint density at radius 3 is 2.15 bits per heavy atom. The second kappa shape index (κ2) is 3.16. The SMILES string of the molecule is CC1C=C(C(F)(F)F)C=C(F)C1C. The molecule has 1 aliphatic carbocycles. The molecule has 0 bridgehead atoms. The molecule has 0 fully saturated rings. The molecule has 13 heavy (non-hydrogen) atoms. The van der Waals surface area contributed by atoms with Crippen LogP contribution in [0.2, 0.25) is 0 Å². The minimum atomic E-state index is -4.44. The summed E-state index contributed by atoms with van der Waals surface area (Å²) < 4.78 is 49.3. The highest BCUT2D eigenvalue weighted by molar-refractivity contribution is 5.31. The van der Waals surface area contributed by atoms with Crippen LogP contribution >= 0.6 is 0 Å². The molecule has 0 amide bonds. The van der Waals surface area contributed by atoms with Gasteiger partial charge in [0.2, 0.25) is 0 Å². The van der Waals surface area contributed by atoms with Crippen molar-refractivity contribution < 1.29 is 17.6 Å². The number of hydrogen-bond acceptors (Lipinski definition) is 0. The summed E-state index contributed by atoms with van der Waals surface area (Å²) in [6.07, 6.45) is -2.80. The van der Waals surface area contributed by atoms with Crippen LogP contribution in [-0.2, 0) is 0 Å². The summed E-state index contributed by atoms with van der Waals surface area (Å²) in [6, 6.07) is 0. The van der Waals surface area contributed by atoms with Crippen molar-refractivity contribution in [1.29, 1.82) is 0 Å². The molecule has 1 aliphatic rings. The summed E-state index contributed by atoms with van der Waals surface area (Å²) in [4.78, 5) is 0. The predicted octanol–water partition coefficient (Wildman–Crippen LogP) is 3.61. The average Bonchev–Trinajstić information content (AvgIpc) is 1.97. The molecule has 2 atom stereocenters. The Morgan fingerprint density at radius 1 is 1.23 bits per heavy atom. The van der Waals surface area contributed by atoms with Crippen molar-refractivity contribution in [2.45, 2.75) is 20.0 Å². The van der Waals surface area contributed by atoms with Crippen molar-refractivity contribution in [2.75, 3.05) is 0 Å². The first kappa shape index (κ1) is 10.3. The van der Waals surface area contributed by atoms with Crippen LogP contribution in [0, 0.1) is 11.8 Å². The standard InChI is InChI=1S/C9H10F4/c1-5-3-7(9(11,12)13)4-8(10)6(5)2/h3-6H,1-2H3. The Kier molecular flexibility index (Phi) is 2.50. The van der Waals surface area contributed by atoms with Crippen molar-refractivity contribution >= 4 is 0 Å². The normalized spacial score (nSPS) is 29.7. The van der Waals surface area contributed by atoms with Gasteiger partial charge in [-0.2, -0.15) is 13.2 Å². The van der Waals surface area contributed by atoms with E-state index in [1.54, 1.807) is 13.8 Å². The van der Waals surface area contributed by atoms with E-state index in [0.717, 1.165) is 6.08 Å². The molecule has 0 nitrogen and oxygen atoms in total. The fourth-order valence-corrected chi connectivity index (χ4v) is 1.18. The smallest absolute Gasteiger partial charge is 0.211 e. The Hall–Kier alpha value is -0.800. The van der Waals surface area contributed by atoms with E-state index in [9.17, 15) is 17.6 Å². The molecular formula is C9H10F4. The molecule has 0 N–H and O–H groups in total. The highest BCUT2D eigenvalue weighted by Crippen LogP contribution is 2.36. The highest BCUT2D eigenvalue weighted by Gasteiger charge is 2.36. The molecule has 0 radical (unpaired) electrons. The zero-order valence-electron chi connectivity index (χ0n) is 7.32. The lowest BCUT2D eigenvalue weighted by Gasteiger charge is -2.22. The average molecular weight is 194 g/mol. The maximum atomic E-state index is 12.9. The van der Waals surface area contributed by atoms with Gasteiger partial charge < -0.3 is 0 Å². The summed E-state index contributed by atoms with van der Waals surface area (Å²) >= 11 is 0. The van der Waals surface area contributed by atoms with Crippen LogP contribution in [0.25, 0.3) is 0 Å². The van der Waals surface area contributed by atoms with Crippen LogP contribution in [-0.4, -0.2) is 6.18 Å². The molecule has 0 heterocycles. The Morgan fingerprint density at radius 2 is 1.77 bits per heavy atom. The molecule has 1 rings (SSSR count). The Labute approximate surface area is 73.9 Å². The summed E-state index contributed by atoms with van der Waals surface area (Å²) in [5.74, 6) is -1.55. The second-order valence-electron chi connectivity index (χ2n) is 3.30. The summed E-state index contributed by atoms with van der Waals surface area (Å²) in [5, 5.41) is 0. The van der Waals surface area contributed by atoms with E-state index < -0.39 is 29.4 Å². The van der Waals surface area contributed by atoms with Crippen LogP contribution in [0.1, 0.15) is 13.8 Å². The van der Waals surface area contributed by atoms with Gasteiger partial charge in [0.25, 0.3) is 0 Å². The number of halogens is 4. The van der Waals surface area contributed by atoms with Crippen molar-refractivity contribution in [2.24, 2.45) is 11.8 Å². The lowest BCUT2D eigenvalue weighted by Crippen LogP contribution is -2.18. The van der Waals surface area contributed by atoms with E-state index in [0.29, 0.717) is 6.08 Å². The molecule has 2 unspecified atom stereocenters. The van der Waals surface area contributed by atoms with Gasteiger partial charge in [-0.1, -0.05) is 19.9 Å².